The van der Waals surface area contributed by atoms with Crippen LogP contribution in [0.5, 0.6) is 5.75 Å². The predicted molar refractivity (Wildman–Crippen MR) is 107 cm³/mol. The van der Waals surface area contributed by atoms with Crippen LogP contribution in [0.1, 0.15) is 11.1 Å². The number of anilines is 1. The van der Waals surface area contributed by atoms with Crippen LogP contribution in [0.4, 0.5) is 5.82 Å². The highest BCUT2D eigenvalue weighted by Gasteiger charge is 2.20. The van der Waals surface area contributed by atoms with Gasteiger partial charge in [0.1, 0.15) is 10.8 Å². The van der Waals surface area contributed by atoms with Gasteiger partial charge in [0.05, 0.1) is 15.8 Å². The lowest BCUT2D eigenvalue weighted by atomic mass is 9.96. The molecule has 1 aromatic carbocycles. The molecule has 1 heterocycles. The lowest BCUT2D eigenvalue weighted by molar-refractivity contribution is -0.115. The number of thioether (sulfide) groups is 1. The van der Waals surface area contributed by atoms with E-state index in [1.165, 1.54) is 18.3 Å². The van der Waals surface area contributed by atoms with E-state index in [0.717, 1.165) is 18.0 Å². The first-order valence-corrected chi connectivity index (χ1v) is 8.89. The minimum absolute atomic E-state index is 0.00252. The lowest BCUT2D eigenvalue weighted by Crippen LogP contribution is -2.14. The minimum atomic E-state index is -0.511. The number of halogens is 2. The van der Waals surface area contributed by atoms with Crippen molar-refractivity contribution in [1.82, 2.24) is 4.98 Å². The lowest BCUT2D eigenvalue weighted by Gasteiger charge is -2.16. The molecule has 0 bridgehead atoms. The van der Waals surface area contributed by atoms with Gasteiger partial charge in [0.15, 0.2) is 5.75 Å². The quantitative estimate of drug-likeness (QED) is 0.427. The number of primary amides is 1. The van der Waals surface area contributed by atoms with Gasteiger partial charge >= 0.3 is 0 Å². The molecular weight excluding hydrogens is 397 g/mol. The SMILES string of the molecule is CN=Cc1c(SCC(N)=O)nc(N)c(C=N)c1-c1cc(Cl)c(O)c(Cl)c1. The van der Waals surface area contributed by atoms with E-state index in [2.05, 4.69) is 9.98 Å². The summed E-state index contributed by atoms with van der Waals surface area (Å²) in [6.45, 7) is 0. The maximum Gasteiger partial charge on any atom is 0.227 e. The number of phenolic OH excluding ortho intramolecular Hbond substituents is 1. The van der Waals surface area contributed by atoms with Crippen molar-refractivity contribution in [3.63, 3.8) is 0 Å². The summed E-state index contributed by atoms with van der Waals surface area (Å²) in [7, 11) is 1.57. The Morgan fingerprint density at radius 3 is 2.50 bits per heavy atom. The molecule has 2 rings (SSSR count). The second-order valence-electron chi connectivity index (χ2n) is 5.08. The Bertz CT molecular complexity index is 895. The number of amides is 1. The number of phenols is 1. The first kappa shape index (κ1) is 20.0. The van der Waals surface area contributed by atoms with Gasteiger partial charge < -0.3 is 22.0 Å². The number of nitrogens with one attached hydrogen (secondary N) is 1. The molecule has 0 aliphatic carbocycles. The van der Waals surface area contributed by atoms with E-state index in [-0.39, 0.29) is 27.4 Å². The number of pyridine rings is 1. The molecule has 7 nitrogen and oxygen atoms in total. The molecule has 0 saturated carbocycles. The fraction of sp³-hybridized carbons (Fsp3) is 0.125. The van der Waals surface area contributed by atoms with Gasteiger partial charge in [-0.3, -0.25) is 9.79 Å². The second-order valence-corrected chi connectivity index (χ2v) is 6.86. The molecule has 0 unspecified atom stereocenters. The van der Waals surface area contributed by atoms with E-state index in [0.29, 0.717) is 27.3 Å². The van der Waals surface area contributed by atoms with Crippen molar-refractivity contribution < 1.29 is 9.90 Å². The molecule has 10 heteroatoms. The van der Waals surface area contributed by atoms with Crippen molar-refractivity contribution in [3.8, 4) is 16.9 Å². The highest BCUT2D eigenvalue weighted by atomic mass is 35.5. The highest BCUT2D eigenvalue weighted by Crippen LogP contribution is 2.40. The van der Waals surface area contributed by atoms with Gasteiger partial charge in [-0.15, -0.1) is 0 Å². The smallest absolute Gasteiger partial charge is 0.227 e. The van der Waals surface area contributed by atoms with Crippen LogP contribution in [0.25, 0.3) is 11.1 Å². The number of benzene rings is 1. The third-order valence-corrected chi connectivity index (χ3v) is 4.92. The number of aromatic hydroxyl groups is 1. The van der Waals surface area contributed by atoms with Crippen LogP contribution in [0, 0.1) is 5.41 Å². The van der Waals surface area contributed by atoms with Crippen LogP contribution in [0.15, 0.2) is 22.2 Å². The van der Waals surface area contributed by atoms with Crippen LogP contribution in [-0.2, 0) is 4.79 Å². The van der Waals surface area contributed by atoms with E-state index >= 15 is 0 Å². The number of carbonyl (C=O) groups excluding carboxylic acids is 1. The molecule has 2 aromatic rings. The first-order valence-electron chi connectivity index (χ1n) is 7.15. The first-order chi connectivity index (χ1) is 12.3. The molecule has 136 valence electrons. The Balaban J connectivity index is 2.84. The third-order valence-electron chi connectivity index (χ3n) is 3.33. The summed E-state index contributed by atoms with van der Waals surface area (Å²) in [6, 6.07) is 3.00. The number of hydrogen-bond donors (Lipinski definition) is 4. The molecule has 0 aliphatic rings. The van der Waals surface area contributed by atoms with E-state index < -0.39 is 5.91 Å². The van der Waals surface area contributed by atoms with Crippen molar-refractivity contribution in [3.05, 3.63) is 33.3 Å². The topological polar surface area (TPSA) is 138 Å². The van der Waals surface area contributed by atoms with Crippen LogP contribution in [-0.4, -0.2) is 41.2 Å². The van der Waals surface area contributed by atoms with E-state index in [9.17, 15) is 9.90 Å². The molecule has 6 N–H and O–H groups in total. The zero-order valence-electron chi connectivity index (χ0n) is 13.6. The number of aliphatic imine (C=N–C) groups is 1. The van der Waals surface area contributed by atoms with Gasteiger partial charge in [-0.05, 0) is 17.7 Å². The van der Waals surface area contributed by atoms with E-state index in [1.54, 1.807) is 7.05 Å². The largest absolute Gasteiger partial charge is 0.505 e. The van der Waals surface area contributed by atoms with Gasteiger partial charge in [-0.1, -0.05) is 35.0 Å². The van der Waals surface area contributed by atoms with Gasteiger partial charge in [0, 0.05) is 36.2 Å². The standard InChI is InChI=1S/C16H15Cl2N5O2S/c1-22-5-9-13(7-2-10(17)14(25)11(18)3-7)8(4-19)15(21)23-16(9)26-6-12(20)24/h2-5,19,25H,6H2,1H3,(H2,20,24)(H2,21,23). The number of nitrogens with two attached hydrogens (primary N) is 2. The molecular formula is C16H15Cl2N5O2S. The Morgan fingerprint density at radius 1 is 1.38 bits per heavy atom. The van der Waals surface area contributed by atoms with E-state index in [1.807, 2.05) is 0 Å². The van der Waals surface area contributed by atoms with Gasteiger partial charge in [-0.2, -0.15) is 0 Å². The van der Waals surface area contributed by atoms with Crippen molar-refractivity contribution in [1.29, 1.82) is 5.41 Å². The number of nitrogens with zero attached hydrogens (tertiary/aromatic N) is 2. The summed E-state index contributed by atoms with van der Waals surface area (Å²) in [6.07, 6.45) is 2.59. The van der Waals surface area contributed by atoms with Crippen molar-refractivity contribution in [2.24, 2.45) is 10.7 Å². The summed E-state index contributed by atoms with van der Waals surface area (Å²) in [5, 5.41) is 18.0. The predicted octanol–water partition coefficient (Wildman–Crippen LogP) is 2.97. The number of hydrogen-bond acceptors (Lipinski definition) is 7. The fourth-order valence-corrected chi connectivity index (χ4v) is 3.51. The zero-order chi connectivity index (χ0) is 19.4. The number of nitrogen functional groups attached to an aromatic ring is 1. The fourth-order valence-electron chi connectivity index (χ4n) is 2.28. The van der Waals surface area contributed by atoms with Crippen LogP contribution in [0.3, 0.4) is 0 Å². The Hall–Kier alpha value is -2.29. The maximum absolute atomic E-state index is 11.1. The zero-order valence-corrected chi connectivity index (χ0v) is 15.9. The van der Waals surface area contributed by atoms with Crippen molar-refractivity contribution in [2.75, 3.05) is 18.5 Å². The summed E-state index contributed by atoms with van der Waals surface area (Å²) in [5.74, 6) is -0.666. The van der Waals surface area contributed by atoms with Crippen molar-refractivity contribution >= 4 is 59.1 Å². The number of carbonyl (C=O) groups is 1. The molecule has 1 aromatic heterocycles. The molecule has 26 heavy (non-hydrogen) atoms. The highest BCUT2D eigenvalue weighted by molar-refractivity contribution is 8.00. The maximum atomic E-state index is 11.1. The summed E-state index contributed by atoms with van der Waals surface area (Å²) < 4.78 is 0. The van der Waals surface area contributed by atoms with E-state index in [4.69, 9.17) is 40.1 Å². The summed E-state index contributed by atoms with van der Waals surface area (Å²) >= 11 is 13.2. The minimum Gasteiger partial charge on any atom is -0.505 e. The normalized spacial score (nSPS) is 11.0. The Kier molecular flexibility index (Phi) is 6.47. The summed E-state index contributed by atoms with van der Waals surface area (Å²) in [5.41, 5.74) is 13.1. The Labute approximate surface area is 163 Å². The monoisotopic (exact) mass is 411 g/mol. The molecule has 0 aliphatic heterocycles. The molecule has 0 fully saturated rings. The second kappa shape index (κ2) is 8.39. The number of aromatic nitrogens is 1. The average molecular weight is 412 g/mol. The Morgan fingerprint density at radius 2 is 2.00 bits per heavy atom. The molecule has 0 radical (unpaired) electrons. The molecule has 0 atom stereocenters. The third kappa shape index (κ3) is 4.09. The van der Waals surface area contributed by atoms with Gasteiger partial charge in [-0.25, -0.2) is 4.98 Å². The average Bonchev–Trinajstić information content (AvgIpc) is 2.58. The molecule has 0 saturated heterocycles. The van der Waals surface area contributed by atoms with Crippen molar-refractivity contribution in [2.45, 2.75) is 5.03 Å². The summed E-state index contributed by atoms with van der Waals surface area (Å²) in [4.78, 5) is 19.4. The molecule has 0 spiro atoms. The van der Waals surface area contributed by atoms with Crippen LogP contribution in [0.2, 0.25) is 10.0 Å². The van der Waals surface area contributed by atoms with Crippen LogP contribution >= 0.6 is 35.0 Å². The van der Waals surface area contributed by atoms with Gasteiger partial charge in [0.2, 0.25) is 5.91 Å². The van der Waals surface area contributed by atoms with Gasteiger partial charge in [0.25, 0.3) is 0 Å². The molecule has 1 amide bonds. The number of rotatable bonds is 6. The van der Waals surface area contributed by atoms with Crippen LogP contribution < -0.4 is 11.5 Å².